The number of amides is 1. The summed E-state index contributed by atoms with van der Waals surface area (Å²) in [4.78, 5) is 16.1. The number of ether oxygens (including phenoxy) is 2. The summed E-state index contributed by atoms with van der Waals surface area (Å²) in [5.74, 6) is 1.31. The number of carbonyl (C=O) groups is 1. The normalized spacial score (nSPS) is 17.0. The molecule has 0 spiro atoms. The fourth-order valence-electron chi connectivity index (χ4n) is 2.78. The minimum Gasteiger partial charge on any atom is -0.493 e. The molecular formula is C20H28N2O4. The van der Waals surface area contributed by atoms with Gasteiger partial charge in [0.2, 0.25) is 5.91 Å². The second kappa shape index (κ2) is 9.99. The molecule has 2 rings (SSSR count). The maximum atomic E-state index is 12.1. The van der Waals surface area contributed by atoms with Crippen molar-refractivity contribution in [3.8, 4) is 11.5 Å². The molecule has 1 aromatic rings. The molecule has 1 aromatic carbocycles. The maximum absolute atomic E-state index is 12.1. The van der Waals surface area contributed by atoms with Crippen molar-refractivity contribution in [1.82, 2.24) is 9.80 Å². The highest BCUT2D eigenvalue weighted by Crippen LogP contribution is 2.28. The summed E-state index contributed by atoms with van der Waals surface area (Å²) in [6.45, 7) is 3.32. The Morgan fingerprint density at radius 2 is 1.85 bits per heavy atom. The van der Waals surface area contributed by atoms with Gasteiger partial charge < -0.3 is 24.4 Å². The van der Waals surface area contributed by atoms with Crippen molar-refractivity contribution >= 4 is 5.91 Å². The third kappa shape index (κ3) is 5.89. The van der Waals surface area contributed by atoms with Gasteiger partial charge >= 0.3 is 0 Å². The molecule has 0 unspecified atom stereocenters. The molecule has 1 amide bonds. The predicted molar refractivity (Wildman–Crippen MR) is 102 cm³/mol. The monoisotopic (exact) mass is 360 g/mol. The molecule has 1 heterocycles. The van der Waals surface area contributed by atoms with Crippen LogP contribution in [0.25, 0.3) is 0 Å². The summed E-state index contributed by atoms with van der Waals surface area (Å²) in [5, 5.41) is 10.1. The summed E-state index contributed by atoms with van der Waals surface area (Å²) < 4.78 is 10.5. The molecular weight excluding hydrogens is 332 g/mol. The van der Waals surface area contributed by atoms with Crippen molar-refractivity contribution in [3.63, 3.8) is 0 Å². The number of rotatable bonds is 7. The highest BCUT2D eigenvalue weighted by atomic mass is 16.5. The van der Waals surface area contributed by atoms with E-state index in [0.717, 1.165) is 31.7 Å². The lowest BCUT2D eigenvalue weighted by molar-refractivity contribution is -0.127. The van der Waals surface area contributed by atoms with Gasteiger partial charge in [0.25, 0.3) is 0 Å². The number of allylic oxidation sites excluding steroid dienone is 2. The highest BCUT2D eigenvalue weighted by molar-refractivity contribution is 5.87. The van der Waals surface area contributed by atoms with Crippen molar-refractivity contribution in [2.45, 2.75) is 12.5 Å². The van der Waals surface area contributed by atoms with Gasteiger partial charge in [0, 0.05) is 38.7 Å². The molecule has 1 fully saturated rings. The number of nitrogens with zero attached hydrogens (tertiary/aromatic N) is 2. The molecule has 0 radical (unpaired) electrons. The second-order valence-corrected chi connectivity index (χ2v) is 6.33. The SMILES string of the molecule is COc1ccc(C[C@@H](O)/C=C/C=C/C(=O)N2CCN(C)CC2)cc1OC. The van der Waals surface area contributed by atoms with Crippen molar-refractivity contribution in [1.29, 1.82) is 0 Å². The van der Waals surface area contributed by atoms with Crippen molar-refractivity contribution in [2.75, 3.05) is 47.4 Å². The molecule has 1 atom stereocenters. The Morgan fingerprint density at radius 3 is 2.50 bits per heavy atom. The van der Waals surface area contributed by atoms with E-state index in [-0.39, 0.29) is 5.91 Å². The lowest BCUT2D eigenvalue weighted by atomic mass is 10.1. The lowest BCUT2D eigenvalue weighted by Crippen LogP contribution is -2.46. The van der Waals surface area contributed by atoms with Crippen LogP contribution in [0.2, 0.25) is 0 Å². The number of benzene rings is 1. The molecule has 0 aliphatic carbocycles. The summed E-state index contributed by atoms with van der Waals surface area (Å²) >= 11 is 0. The maximum Gasteiger partial charge on any atom is 0.246 e. The predicted octanol–water partition coefficient (Wildman–Crippen LogP) is 1.49. The Morgan fingerprint density at radius 1 is 1.15 bits per heavy atom. The molecule has 1 aliphatic rings. The number of methoxy groups -OCH3 is 2. The molecule has 142 valence electrons. The molecule has 26 heavy (non-hydrogen) atoms. The van der Waals surface area contributed by atoms with E-state index >= 15 is 0 Å². The molecule has 1 aliphatic heterocycles. The van der Waals surface area contributed by atoms with Crippen molar-refractivity contribution in [3.05, 3.63) is 48.1 Å². The molecule has 6 nitrogen and oxygen atoms in total. The number of hydrogen-bond acceptors (Lipinski definition) is 5. The number of likely N-dealkylation sites (N-methyl/N-ethyl adjacent to an activating group) is 1. The smallest absolute Gasteiger partial charge is 0.246 e. The zero-order chi connectivity index (χ0) is 18.9. The van der Waals surface area contributed by atoms with Crippen LogP contribution in [-0.4, -0.2) is 74.4 Å². The minimum absolute atomic E-state index is 0.0112. The summed E-state index contributed by atoms with van der Waals surface area (Å²) in [7, 11) is 5.23. The van der Waals surface area contributed by atoms with Crippen LogP contribution in [0, 0.1) is 0 Å². The molecule has 1 saturated heterocycles. The van der Waals surface area contributed by atoms with E-state index in [1.165, 1.54) is 0 Å². The Labute approximate surface area is 155 Å². The summed E-state index contributed by atoms with van der Waals surface area (Å²) in [5.41, 5.74) is 0.942. The van der Waals surface area contributed by atoms with E-state index in [2.05, 4.69) is 11.9 Å². The number of aliphatic hydroxyl groups excluding tert-OH is 1. The Kier molecular flexibility index (Phi) is 7.69. The van der Waals surface area contributed by atoms with E-state index < -0.39 is 6.10 Å². The third-order valence-corrected chi connectivity index (χ3v) is 4.39. The first kappa shape index (κ1) is 20.0. The number of piperazine rings is 1. The van der Waals surface area contributed by atoms with E-state index in [9.17, 15) is 9.90 Å². The lowest BCUT2D eigenvalue weighted by Gasteiger charge is -2.31. The molecule has 1 N–H and O–H groups in total. The van der Waals surface area contributed by atoms with Crippen LogP contribution in [0.3, 0.4) is 0 Å². The van der Waals surface area contributed by atoms with E-state index in [1.54, 1.807) is 38.5 Å². The van der Waals surface area contributed by atoms with Gasteiger partial charge in [-0.25, -0.2) is 0 Å². The number of aliphatic hydroxyl groups is 1. The average molecular weight is 360 g/mol. The summed E-state index contributed by atoms with van der Waals surface area (Å²) in [6.07, 6.45) is 6.42. The number of carbonyl (C=O) groups excluding carboxylic acids is 1. The Bertz CT molecular complexity index is 649. The first-order chi connectivity index (χ1) is 12.5. The van der Waals surface area contributed by atoms with Gasteiger partial charge in [0.05, 0.1) is 20.3 Å². The zero-order valence-electron chi connectivity index (χ0n) is 15.7. The van der Waals surface area contributed by atoms with Gasteiger partial charge in [-0.3, -0.25) is 4.79 Å². The van der Waals surface area contributed by atoms with E-state index in [0.29, 0.717) is 17.9 Å². The average Bonchev–Trinajstić information content (AvgIpc) is 2.65. The fraction of sp³-hybridized carbons (Fsp3) is 0.450. The second-order valence-electron chi connectivity index (χ2n) is 6.33. The van der Waals surface area contributed by atoms with E-state index in [4.69, 9.17) is 9.47 Å². The minimum atomic E-state index is -0.642. The molecule has 0 saturated carbocycles. The quantitative estimate of drug-likeness (QED) is 0.590. The molecule has 0 bridgehead atoms. The van der Waals surface area contributed by atoms with Crippen LogP contribution >= 0.6 is 0 Å². The van der Waals surface area contributed by atoms with Crippen LogP contribution in [0.4, 0.5) is 0 Å². The van der Waals surface area contributed by atoms with Gasteiger partial charge in [-0.1, -0.05) is 24.3 Å². The van der Waals surface area contributed by atoms with Gasteiger partial charge in [0.15, 0.2) is 11.5 Å². The number of hydrogen-bond donors (Lipinski definition) is 1. The van der Waals surface area contributed by atoms with Crippen LogP contribution in [-0.2, 0) is 11.2 Å². The van der Waals surface area contributed by atoms with Crippen molar-refractivity contribution in [2.24, 2.45) is 0 Å². The van der Waals surface area contributed by atoms with Crippen LogP contribution < -0.4 is 9.47 Å². The Hall–Kier alpha value is -2.31. The van der Waals surface area contributed by atoms with Gasteiger partial charge in [-0.05, 0) is 24.7 Å². The first-order valence-electron chi connectivity index (χ1n) is 8.74. The van der Waals surface area contributed by atoms with Crippen LogP contribution in [0.15, 0.2) is 42.5 Å². The fourth-order valence-corrected chi connectivity index (χ4v) is 2.78. The standard InChI is InChI=1S/C20H28N2O4/c1-21-10-12-22(13-11-21)20(24)7-5-4-6-17(23)14-16-8-9-18(25-2)19(15-16)26-3/h4-9,15,17,23H,10-14H2,1-3H3/b6-4+,7-5+/t17-/m0/s1. The van der Waals surface area contributed by atoms with Gasteiger partial charge in [-0.2, -0.15) is 0 Å². The summed E-state index contributed by atoms with van der Waals surface area (Å²) in [6, 6.07) is 5.56. The van der Waals surface area contributed by atoms with Crippen molar-refractivity contribution < 1.29 is 19.4 Å². The molecule has 6 heteroatoms. The topological polar surface area (TPSA) is 62.2 Å². The van der Waals surface area contributed by atoms with Gasteiger partial charge in [0.1, 0.15) is 0 Å². The molecule has 0 aromatic heterocycles. The van der Waals surface area contributed by atoms with E-state index in [1.807, 2.05) is 23.1 Å². The zero-order valence-corrected chi connectivity index (χ0v) is 15.7. The Balaban J connectivity index is 1.83. The first-order valence-corrected chi connectivity index (χ1v) is 8.74. The largest absolute Gasteiger partial charge is 0.493 e. The van der Waals surface area contributed by atoms with Crippen LogP contribution in [0.5, 0.6) is 11.5 Å². The third-order valence-electron chi connectivity index (χ3n) is 4.39. The van der Waals surface area contributed by atoms with Gasteiger partial charge in [-0.15, -0.1) is 0 Å². The van der Waals surface area contributed by atoms with Crippen LogP contribution in [0.1, 0.15) is 5.56 Å². The highest BCUT2D eigenvalue weighted by Gasteiger charge is 2.16.